The van der Waals surface area contributed by atoms with Gasteiger partial charge in [-0.3, -0.25) is 0 Å². The molecular weight excluding hydrogens is 452 g/mol. The number of rotatable bonds is 10. The van der Waals surface area contributed by atoms with E-state index in [-0.39, 0.29) is 5.41 Å². The van der Waals surface area contributed by atoms with E-state index in [2.05, 4.69) is 45.7 Å². The molecule has 0 unspecified atom stereocenters. The second-order valence-electron chi connectivity index (χ2n) is 7.01. The van der Waals surface area contributed by atoms with Gasteiger partial charge in [0.05, 0.1) is 13.2 Å². The Bertz CT molecular complexity index is 459. The van der Waals surface area contributed by atoms with Crippen LogP contribution in [0, 0.1) is 5.41 Å². The Kier molecular flexibility index (Phi) is 8.93. The Morgan fingerprint density at radius 1 is 0.792 bits per heavy atom. The van der Waals surface area contributed by atoms with E-state index in [4.69, 9.17) is 9.47 Å². The third kappa shape index (κ3) is 5.63. The average Bonchev–Trinajstić information content (AvgIpc) is 2.73. The maximum Gasteiger partial charge on any atom is 0.187 e. The summed E-state index contributed by atoms with van der Waals surface area (Å²) in [5.41, 5.74) is 0.164. The van der Waals surface area contributed by atoms with Crippen LogP contribution in [0.25, 0.3) is 0 Å². The van der Waals surface area contributed by atoms with Crippen molar-refractivity contribution >= 4 is 43.2 Å². The maximum absolute atomic E-state index is 6.24. The Hall–Kier alpha value is 0.260. The van der Waals surface area contributed by atoms with Crippen LogP contribution in [0.15, 0.2) is 7.57 Å². The van der Waals surface area contributed by atoms with Crippen LogP contribution in [0.3, 0.4) is 0 Å². The van der Waals surface area contributed by atoms with Gasteiger partial charge in [0.2, 0.25) is 0 Å². The van der Waals surface area contributed by atoms with E-state index in [1.165, 1.54) is 64.2 Å². The molecule has 2 nitrogen and oxygen atoms in total. The summed E-state index contributed by atoms with van der Waals surface area (Å²) >= 11 is 8.84. The summed E-state index contributed by atoms with van der Waals surface area (Å²) in [7, 11) is 0. The average molecular weight is 482 g/mol. The molecule has 2 heterocycles. The minimum Gasteiger partial charge on any atom is -0.487 e. The van der Waals surface area contributed by atoms with Crippen LogP contribution in [0.4, 0.5) is 0 Å². The SMILES string of the molecule is CCCCCCC1(CCCCCC)COc2c(Br)sc(Br)c2OC1. The Labute approximate surface area is 168 Å². The van der Waals surface area contributed by atoms with Crippen LogP contribution < -0.4 is 9.47 Å². The van der Waals surface area contributed by atoms with E-state index >= 15 is 0 Å². The summed E-state index contributed by atoms with van der Waals surface area (Å²) < 4.78 is 14.5. The fourth-order valence-electron chi connectivity index (χ4n) is 3.35. The molecule has 0 saturated carbocycles. The Morgan fingerprint density at radius 2 is 1.25 bits per heavy atom. The normalized spacial score (nSPS) is 16.2. The standard InChI is InChI=1S/C19H30Br2O2S/c1-3-5-7-9-11-19(12-10-8-6-4-2)13-22-15-16(23-14-19)18(21)24-17(15)20/h3-14H2,1-2H3. The van der Waals surface area contributed by atoms with Gasteiger partial charge in [0, 0.05) is 5.41 Å². The lowest BCUT2D eigenvalue weighted by Gasteiger charge is -2.31. The second kappa shape index (κ2) is 10.4. The van der Waals surface area contributed by atoms with Crippen molar-refractivity contribution in [2.75, 3.05) is 13.2 Å². The van der Waals surface area contributed by atoms with Gasteiger partial charge in [0.25, 0.3) is 0 Å². The molecule has 5 heteroatoms. The van der Waals surface area contributed by atoms with Crippen LogP contribution in [0.1, 0.15) is 78.1 Å². The molecule has 0 atom stereocenters. The number of unbranched alkanes of at least 4 members (excludes halogenated alkanes) is 6. The van der Waals surface area contributed by atoms with Gasteiger partial charge >= 0.3 is 0 Å². The number of fused-ring (bicyclic) bond motifs is 1. The molecule has 1 aromatic rings. The van der Waals surface area contributed by atoms with Crippen molar-refractivity contribution in [1.82, 2.24) is 0 Å². The van der Waals surface area contributed by atoms with Crippen LogP contribution >= 0.6 is 43.2 Å². The molecule has 0 aliphatic carbocycles. The fourth-order valence-corrected chi connectivity index (χ4v) is 6.21. The van der Waals surface area contributed by atoms with Crippen molar-refractivity contribution in [1.29, 1.82) is 0 Å². The molecule has 0 saturated heterocycles. The quantitative estimate of drug-likeness (QED) is 0.315. The van der Waals surface area contributed by atoms with Crippen molar-refractivity contribution in [3.8, 4) is 11.5 Å². The Balaban J connectivity index is 2.01. The highest BCUT2D eigenvalue weighted by molar-refractivity contribution is 9.12. The van der Waals surface area contributed by atoms with Crippen molar-refractivity contribution in [3.05, 3.63) is 7.57 Å². The topological polar surface area (TPSA) is 18.5 Å². The predicted octanol–water partition coefficient (Wildman–Crippen LogP) is 7.97. The number of thiophene rings is 1. The first-order chi connectivity index (χ1) is 11.6. The highest BCUT2D eigenvalue weighted by Crippen LogP contribution is 2.51. The minimum atomic E-state index is 0.164. The number of hydrogen-bond donors (Lipinski definition) is 0. The van der Waals surface area contributed by atoms with Gasteiger partial charge in [-0.25, -0.2) is 0 Å². The first-order valence-electron chi connectivity index (χ1n) is 9.35. The lowest BCUT2D eigenvalue weighted by atomic mass is 9.79. The molecule has 0 radical (unpaired) electrons. The zero-order valence-electron chi connectivity index (χ0n) is 15.0. The molecule has 1 aromatic heterocycles. The van der Waals surface area contributed by atoms with Crippen molar-refractivity contribution in [3.63, 3.8) is 0 Å². The van der Waals surface area contributed by atoms with Crippen LogP contribution in [-0.2, 0) is 0 Å². The summed E-state index contributed by atoms with van der Waals surface area (Å²) in [4.78, 5) is 0. The van der Waals surface area contributed by atoms with Crippen LogP contribution in [0.2, 0.25) is 0 Å². The fraction of sp³-hybridized carbons (Fsp3) is 0.789. The molecule has 0 N–H and O–H groups in total. The molecule has 138 valence electrons. The van der Waals surface area contributed by atoms with E-state index < -0.39 is 0 Å². The molecule has 0 amide bonds. The molecule has 1 aliphatic heterocycles. The predicted molar refractivity (Wildman–Crippen MR) is 111 cm³/mol. The molecular formula is C19H30Br2O2S. The molecule has 2 rings (SSSR count). The van der Waals surface area contributed by atoms with Crippen molar-refractivity contribution in [2.24, 2.45) is 5.41 Å². The summed E-state index contributed by atoms with van der Waals surface area (Å²) in [6.45, 7) is 6.09. The maximum atomic E-state index is 6.24. The van der Waals surface area contributed by atoms with Gasteiger partial charge in [0.1, 0.15) is 7.57 Å². The van der Waals surface area contributed by atoms with Gasteiger partial charge in [-0.05, 0) is 44.7 Å². The second-order valence-corrected chi connectivity index (χ2v) is 10.7. The lowest BCUT2D eigenvalue weighted by Crippen LogP contribution is -2.33. The van der Waals surface area contributed by atoms with Crippen LogP contribution in [-0.4, -0.2) is 13.2 Å². The largest absolute Gasteiger partial charge is 0.487 e. The number of halogens is 2. The Morgan fingerprint density at radius 3 is 1.67 bits per heavy atom. The van der Waals surface area contributed by atoms with Gasteiger partial charge in [-0.1, -0.05) is 65.2 Å². The number of ether oxygens (including phenoxy) is 2. The molecule has 0 aromatic carbocycles. The number of hydrogen-bond acceptors (Lipinski definition) is 3. The van der Waals surface area contributed by atoms with E-state index in [0.29, 0.717) is 0 Å². The highest BCUT2D eigenvalue weighted by Gasteiger charge is 2.36. The minimum absolute atomic E-state index is 0.164. The third-order valence-corrected chi connectivity index (χ3v) is 7.33. The smallest absolute Gasteiger partial charge is 0.187 e. The molecule has 0 spiro atoms. The highest BCUT2D eigenvalue weighted by atomic mass is 79.9. The third-order valence-electron chi connectivity index (χ3n) is 4.91. The van der Waals surface area contributed by atoms with E-state index in [0.717, 1.165) is 32.3 Å². The first kappa shape index (κ1) is 20.6. The van der Waals surface area contributed by atoms with E-state index in [1.807, 2.05) is 0 Å². The molecule has 24 heavy (non-hydrogen) atoms. The summed E-state index contributed by atoms with van der Waals surface area (Å²) in [6.07, 6.45) is 12.9. The zero-order chi connectivity index (χ0) is 17.4. The zero-order valence-corrected chi connectivity index (χ0v) is 19.0. The molecule has 0 bridgehead atoms. The summed E-state index contributed by atoms with van der Waals surface area (Å²) in [5.74, 6) is 1.77. The van der Waals surface area contributed by atoms with Gasteiger partial charge < -0.3 is 9.47 Å². The van der Waals surface area contributed by atoms with Gasteiger partial charge in [-0.15, -0.1) is 11.3 Å². The van der Waals surface area contributed by atoms with Crippen LogP contribution in [0.5, 0.6) is 11.5 Å². The monoisotopic (exact) mass is 480 g/mol. The van der Waals surface area contributed by atoms with E-state index in [9.17, 15) is 0 Å². The molecule has 1 aliphatic rings. The summed E-state index contributed by atoms with van der Waals surface area (Å²) in [6, 6.07) is 0. The van der Waals surface area contributed by atoms with Crippen molar-refractivity contribution in [2.45, 2.75) is 78.1 Å². The van der Waals surface area contributed by atoms with Gasteiger partial charge in [-0.2, -0.15) is 0 Å². The lowest BCUT2D eigenvalue weighted by molar-refractivity contribution is 0.0779. The van der Waals surface area contributed by atoms with Crippen molar-refractivity contribution < 1.29 is 9.47 Å². The van der Waals surface area contributed by atoms with E-state index in [1.54, 1.807) is 11.3 Å². The first-order valence-corrected chi connectivity index (χ1v) is 11.8. The summed E-state index contributed by atoms with van der Waals surface area (Å²) in [5, 5.41) is 0. The molecule has 0 fully saturated rings. The van der Waals surface area contributed by atoms with Gasteiger partial charge in [0.15, 0.2) is 11.5 Å².